The Kier molecular flexibility index (Phi) is 4.42. The molecule has 23 heavy (non-hydrogen) atoms. The summed E-state index contributed by atoms with van der Waals surface area (Å²) < 4.78 is 18.4. The van der Waals surface area contributed by atoms with Crippen molar-refractivity contribution in [2.45, 2.75) is 12.8 Å². The Labute approximate surface area is 132 Å². The van der Waals surface area contributed by atoms with Crippen LogP contribution in [0.3, 0.4) is 0 Å². The van der Waals surface area contributed by atoms with E-state index in [4.69, 9.17) is 4.42 Å². The van der Waals surface area contributed by atoms with Gasteiger partial charge in [0.1, 0.15) is 5.82 Å². The molecule has 1 heterocycles. The van der Waals surface area contributed by atoms with Crippen molar-refractivity contribution in [2.75, 3.05) is 5.32 Å². The molecule has 0 fully saturated rings. The van der Waals surface area contributed by atoms with Crippen LogP contribution in [0.25, 0.3) is 11.5 Å². The van der Waals surface area contributed by atoms with Crippen LogP contribution in [-0.2, 0) is 11.2 Å². The molecule has 1 N–H and O–H groups in total. The maximum absolute atomic E-state index is 12.9. The number of halogens is 1. The van der Waals surface area contributed by atoms with E-state index in [1.165, 1.54) is 12.1 Å². The highest BCUT2D eigenvalue weighted by atomic mass is 19.1. The Balaban J connectivity index is 1.57. The van der Waals surface area contributed by atoms with Crippen molar-refractivity contribution in [1.82, 2.24) is 10.2 Å². The average molecular weight is 311 g/mol. The van der Waals surface area contributed by atoms with Crippen molar-refractivity contribution in [2.24, 2.45) is 0 Å². The van der Waals surface area contributed by atoms with Crippen LogP contribution in [0, 0.1) is 5.82 Å². The van der Waals surface area contributed by atoms with Crippen LogP contribution in [0.1, 0.15) is 12.3 Å². The number of hydrogen-bond acceptors (Lipinski definition) is 4. The largest absolute Gasteiger partial charge is 0.421 e. The lowest BCUT2D eigenvalue weighted by molar-refractivity contribution is -0.116. The van der Waals surface area contributed by atoms with Gasteiger partial charge in [0.2, 0.25) is 17.7 Å². The molecule has 2 aromatic carbocycles. The number of hydrogen-bond donors (Lipinski definition) is 1. The van der Waals surface area contributed by atoms with Crippen LogP contribution >= 0.6 is 0 Å². The van der Waals surface area contributed by atoms with E-state index in [9.17, 15) is 9.18 Å². The zero-order valence-electron chi connectivity index (χ0n) is 12.2. The summed E-state index contributed by atoms with van der Waals surface area (Å²) in [6, 6.07) is 15.0. The van der Waals surface area contributed by atoms with Gasteiger partial charge in [-0.1, -0.05) is 18.2 Å². The Hall–Kier alpha value is -3.02. The first-order valence-corrected chi connectivity index (χ1v) is 7.14. The molecule has 0 atom stereocenters. The third-order valence-corrected chi connectivity index (χ3v) is 3.18. The summed E-state index contributed by atoms with van der Waals surface area (Å²) in [7, 11) is 0. The maximum atomic E-state index is 12.9. The molecule has 0 aliphatic heterocycles. The highest BCUT2D eigenvalue weighted by Crippen LogP contribution is 2.18. The van der Waals surface area contributed by atoms with E-state index in [-0.39, 0.29) is 18.1 Å². The van der Waals surface area contributed by atoms with Crippen molar-refractivity contribution in [3.63, 3.8) is 0 Å². The number of amides is 1. The second-order valence-corrected chi connectivity index (χ2v) is 4.92. The summed E-state index contributed by atoms with van der Waals surface area (Å²) in [5.74, 6) is 0.222. The fraction of sp³-hybridized carbons (Fsp3) is 0.118. The van der Waals surface area contributed by atoms with Crippen LogP contribution < -0.4 is 5.32 Å². The van der Waals surface area contributed by atoms with Crippen molar-refractivity contribution < 1.29 is 13.6 Å². The third-order valence-electron chi connectivity index (χ3n) is 3.18. The molecule has 116 valence electrons. The number of rotatable bonds is 5. The maximum Gasteiger partial charge on any atom is 0.247 e. The summed E-state index contributed by atoms with van der Waals surface area (Å²) in [5, 5.41) is 10.6. The van der Waals surface area contributed by atoms with Gasteiger partial charge in [-0.05, 0) is 36.4 Å². The van der Waals surface area contributed by atoms with Gasteiger partial charge in [-0.2, -0.15) is 0 Å². The first-order valence-electron chi connectivity index (χ1n) is 7.14. The van der Waals surface area contributed by atoms with E-state index >= 15 is 0 Å². The van der Waals surface area contributed by atoms with Gasteiger partial charge in [-0.15, -0.1) is 10.2 Å². The number of nitrogens with one attached hydrogen (secondary N) is 1. The first-order chi connectivity index (χ1) is 11.2. The Morgan fingerprint density at radius 3 is 2.52 bits per heavy atom. The molecule has 0 spiro atoms. The summed E-state index contributed by atoms with van der Waals surface area (Å²) >= 11 is 0. The van der Waals surface area contributed by atoms with Crippen LogP contribution in [0.2, 0.25) is 0 Å². The number of benzene rings is 2. The SMILES string of the molecule is O=C(CCc1nnc(-c2ccc(F)cc2)o1)Nc1ccccc1. The standard InChI is InChI=1S/C17H14FN3O2/c18-13-8-6-12(7-9-13)17-21-20-16(23-17)11-10-15(22)19-14-4-2-1-3-5-14/h1-9H,10-11H2,(H,19,22). The van der Waals surface area contributed by atoms with Gasteiger partial charge in [0.15, 0.2) is 0 Å². The lowest BCUT2D eigenvalue weighted by Crippen LogP contribution is -2.12. The van der Waals surface area contributed by atoms with Crippen LogP contribution in [0.5, 0.6) is 0 Å². The van der Waals surface area contributed by atoms with E-state index < -0.39 is 0 Å². The number of aromatic nitrogens is 2. The zero-order valence-corrected chi connectivity index (χ0v) is 12.2. The Bertz CT molecular complexity index is 785. The molecular formula is C17H14FN3O2. The molecule has 0 bridgehead atoms. The van der Waals surface area contributed by atoms with Crippen LogP contribution in [0.4, 0.5) is 10.1 Å². The van der Waals surface area contributed by atoms with Gasteiger partial charge < -0.3 is 9.73 Å². The number of para-hydroxylation sites is 1. The summed E-state index contributed by atoms with van der Waals surface area (Å²) in [6.07, 6.45) is 0.576. The van der Waals surface area contributed by atoms with Crippen molar-refractivity contribution in [1.29, 1.82) is 0 Å². The van der Waals surface area contributed by atoms with E-state index in [0.29, 0.717) is 23.8 Å². The van der Waals surface area contributed by atoms with Gasteiger partial charge in [-0.3, -0.25) is 4.79 Å². The second kappa shape index (κ2) is 6.83. The molecule has 0 radical (unpaired) electrons. The molecule has 3 aromatic rings. The summed E-state index contributed by atoms with van der Waals surface area (Å²) in [6.45, 7) is 0. The first kappa shape index (κ1) is 14.9. The molecule has 0 saturated carbocycles. The molecule has 6 heteroatoms. The van der Waals surface area contributed by atoms with Gasteiger partial charge in [0, 0.05) is 24.1 Å². The van der Waals surface area contributed by atoms with Gasteiger partial charge in [0.25, 0.3) is 0 Å². The average Bonchev–Trinajstić information content (AvgIpc) is 3.04. The van der Waals surface area contributed by atoms with E-state index in [2.05, 4.69) is 15.5 Å². The minimum atomic E-state index is -0.328. The zero-order chi connectivity index (χ0) is 16.1. The predicted molar refractivity (Wildman–Crippen MR) is 83.1 cm³/mol. The Morgan fingerprint density at radius 2 is 1.78 bits per heavy atom. The normalized spacial score (nSPS) is 10.5. The van der Waals surface area contributed by atoms with E-state index in [0.717, 1.165) is 5.69 Å². The number of carbonyl (C=O) groups excluding carboxylic acids is 1. The van der Waals surface area contributed by atoms with E-state index in [1.807, 2.05) is 30.3 Å². The number of carbonyl (C=O) groups is 1. The van der Waals surface area contributed by atoms with Crippen molar-refractivity contribution >= 4 is 11.6 Å². The molecule has 1 amide bonds. The molecular weight excluding hydrogens is 297 g/mol. The topological polar surface area (TPSA) is 68.0 Å². The van der Waals surface area contributed by atoms with Crippen LogP contribution in [-0.4, -0.2) is 16.1 Å². The fourth-order valence-electron chi connectivity index (χ4n) is 2.03. The number of aryl methyl sites for hydroxylation is 1. The molecule has 5 nitrogen and oxygen atoms in total. The minimum absolute atomic E-state index is 0.127. The molecule has 0 unspecified atom stereocenters. The highest BCUT2D eigenvalue weighted by Gasteiger charge is 2.10. The van der Waals surface area contributed by atoms with Crippen molar-refractivity contribution in [3.05, 3.63) is 66.3 Å². The molecule has 1 aromatic heterocycles. The summed E-state index contributed by atoms with van der Waals surface area (Å²) in [5.41, 5.74) is 1.38. The van der Waals surface area contributed by atoms with E-state index in [1.54, 1.807) is 12.1 Å². The number of nitrogens with zero attached hydrogens (tertiary/aromatic N) is 2. The van der Waals surface area contributed by atoms with Gasteiger partial charge in [-0.25, -0.2) is 4.39 Å². The lowest BCUT2D eigenvalue weighted by Gasteiger charge is -2.03. The predicted octanol–water partition coefficient (Wildman–Crippen LogP) is 3.45. The number of anilines is 1. The summed E-state index contributed by atoms with van der Waals surface area (Å²) in [4.78, 5) is 11.9. The Morgan fingerprint density at radius 1 is 1.04 bits per heavy atom. The third kappa shape index (κ3) is 4.00. The molecule has 3 rings (SSSR count). The monoisotopic (exact) mass is 311 g/mol. The van der Waals surface area contributed by atoms with Crippen LogP contribution in [0.15, 0.2) is 59.0 Å². The lowest BCUT2D eigenvalue weighted by atomic mass is 10.2. The van der Waals surface area contributed by atoms with Gasteiger partial charge in [0.05, 0.1) is 0 Å². The molecule has 0 aliphatic carbocycles. The minimum Gasteiger partial charge on any atom is -0.421 e. The van der Waals surface area contributed by atoms with Crippen molar-refractivity contribution in [3.8, 4) is 11.5 Å². The molecule has 0 saturated heterocycles. The smallest absolute Gasteiger partial charge is 0.247 e. The van der Waals surface area contributed by atoms with Gasteiger partial charge >= 0.3 is 0 Å². The highest BCUT2D eigenvalue weighted by molar-refractivity contribution is 5.90. The fourth-order valence-corrected chi connectivity index (χ4v) is 2.03. The second-order valence-electron chi connectivity index (χ2n) is 4.92. The quantitative estimate of drug-likeness (QED) is 0.783. The molecule has 0 aliphatic rings.